The fourth-order valence-electron chi connectivity index (χ4n) is 4.42. The van der Waals surface area contributed by atoms with Gasteiger partial charge in [0.2, 0.25) is 11.6 Å². The molecule has 1 atom stereocenters. The molecule has 0 radical (unpaired) electrons. The predicted octanol–water partition coefficient (Wildman–Crippen LogP) is 5.85. The van der Waals surface area contributed by atoms with Gasteiger partial charge in [-0.3, -0.25) is 0 Å². The number of benzene rings is 3. The van der Waals surface area contributed by atoms with Crippen LogP contribution in [0.5, 0.6) is 23.0 Å². The molecule has 0 aliphatic carbocycles. The van der Waals surface area contributed by atoms with Gasteiger partial charge in [0.15, 0.2) is 0 Å². The van der Waals surface area contributed by atoms with Gasteiger partial charge in [0.1, 0.15) is 40.2 Å². The Labute approximate surface area is 217 Å². The van der Waals surface area contributed by atoms with E-state index < -0.39 is 11.9 Å². The number of nitrogens with zero attached hydrogens (tertiary/aromatic N) is 1. The number of carbonyl (C=O) groups is 1. The molecule has 37 heavy (non-hydrogen) atoms. The van der Waals surface area contributed by atoms with E-state index in [1.54, 1.807) is 62.6 Å². The summed E-state index contributed by atoms with van der Waals surface area (Å²) < 4.78 is 27.9. The lowest BCUT2D eigenvalue weighted by molar-refractivity contribution is 0.0702. The average molecular weight is 517 g/mol. The van der Waals surface area contributed by atoms with Gasteiger partial charge in [-0.15, -0.1) is 0 Å². The van der Waals surface area contributed by atoms with E-state index in [4.69, 9.17) is 40.7 Å². The second-order valence-electron chi connectivity index (χ2n) is 8.32. The largest absolute Gasteiger partial charge is 0.497 e. The fraction of sp³-hybridized carbons (Fsp3) is 0.143. The smallest absolute Gasteiger partial charge is 0.379 e. The van der Waals surface area contributed by atoms with Crippen molar-refractivity contribution < 1.29 is 28.2 Å². The minimum atomic E-state index is -0.671. The van der Waals surface area contributed by atoms with E-state index >= 15 is 0 Å². The topological polar surface area (TPSA) is 117 Å². The molecule has 0 saturated carbocycles. The highest BCUT2D eigenvalue weighted by Crippen LogP contribution is 2.46. The maximum atomic E-state index is 13.0. The quantitative estimate of drug-likeness (QED) is 0.259. The Kier molecular flexibility index (Phi) is 6.15. The Morgan fingerprint density at radius 3 is 2.51 bits per heavy atom. The Morgan fingerprint density at radius 2 is 1.78 bits per heavy atom. The summed E-state index contributed by atoms with van der Waals surface area (Å²) in [6.45, 7) is 1.76. The molecule has 1 aliphatic heterocycles. The summed E-state index contributed by atoms with van der Waals surface area (Å²) in [5, 5.41) is 11.1. The fourth-order valence-corrected chi connectivity index (χ4v) is 4.59. The number of nitrogens with two attached hydrogens (primary N) is 1. The zero-order valence-electron chi connectivity index (χ0n) is 20.1. The molecule has 2 heterocycles. The van der Waals surface area contributed by atoms with E-state index in [0.717, 1.165) is 5.39 Å². The number of hydrogen-bond acceptors (Lipinski definition) is 8. The Bertz CT molecular complexity index is 1630. The molecule has 2 N–H and O–H groups in total. The van der Waals surface area contributed by atoms with Crippen LogP contribution in [0, 0.1) is 18.3 Å². The molecular formula is C28H21ClN2O6. The molecule has 186 valence electrons. The molecule has 5 rings (SSSR count). The van der Waals surface area contributed by atoms with E-state index in [2.05, 4.69) is 6.07 Å². The zero-order chi connectivity index (χ0) is 26.3. The molecule has 1 aromatic heterocycles. The number of furan rings is 1. The van der Waals surface area contributed by atoms with Crippen LogP contribution in [0.4, 0.5) is 0 Å². The van der Waals surface area contributed by atoms with Crippen LogP contribution in [-0.2, 0) is 0 Å². The van der Waals surface area contributed by atoms with Crippen molar-refractivity contribution in [1.29, 1.82) is 5.26 Å². The first-order chi connectivity index (χ1) is 17.8. The number of carbonyl (C=O) groups excluding carboxylic acids is 1. The number of ether oxygens (including phenoxy) is 4. The second kappa shape index (κ2) is 9.45. The molecule has 0 amide bonds. The predicted molar refractivity (Wildman–Crippen MR) is 136 cm³/mol. The van der Waals surface area contributed by atoms with Gasteiger partial charge in [-0.05, 0) is 37.3 Å². The normalized spacial score (nSPS) is 14.5. The van der Waals surface area contributed by atoms with Crippen LogP contribution in [0.25, 0.3) is 11.0 Å². The van der Waals surface area contributed by atoms with Gasteiger partial charge in [0, 0.05) is 39.2 Å². The van der Waals surface area contributed by atoms with Crippen LogP contribution in [0.3, 0.4) is 0 Å². The number of methoxy groups -OCH3 is 2. The van der Waals surface area contributed by atoms with E-state index in [1.807, 2.05) is 6.07 Å². The number of halogens is 1. The second-order valence-corrected chi connectivity index (χ2v) is 8.75. The number of fused-ring (bicyclic) bond motifs is 2. The lowest BCUT2D eigenvalue weighted by atomic mass is 9.83. The summed E-state index contributed by atoms with van der Waals surface area (Å²) >= 11 is 6.08. The first-order valence-electron chi connectivity index (χ1n) is 11.2. The summed E-state index contributed by atoms with van der Waals surface area (Å²) in [6, 6.07) is 17.5. The monoisotopic (exact) mass is 516 g/mol. The van der Waals surface area contributed by atoms with Gasteiger partial charge >= 0.3 is 5.97 Å². The number of allylic oxidation sites excluding steroid dienone is 1. The van der Waals surface area contributed by atoms with E-state index in [-0.39, 0.29) is 23.0 Å². The molecule has 3 aromatic carbocycles. The molecule has 0 saturated heterocycles. The van der Waals surface area contributed by atoms with E-state index in [0.29, 0.717) is 44.5 Å². The van der Waals surface area contributed by atoms with E-state index in [9.17, 15) is 10.1 Å². The van der Waals surface area contributed by atoms with Crippen LogP contribution < -0.4 is 24.7 Å². The van der Waals surface area contributed by atoms with Gasteiger partial charge < -0.3 is 29.1 Å². The van der Waals surface area contributed by atoms with Gasteiger partial charge in [0.05, 0.1) is 20.1 Å². The third-order valence-electron chi connectivity index (χ3n) is 6.24. The molecule has 0 spiro atoms. The lowest BCUT2D eigenvalue weighted by Crippen LogP contribution is -2.21. The highest BCUT2D eigenvalue weighted by atomic mass is 35.5. The van der Waals surface area contributed by atoms with Gasteiger partial charge in [-0.25, -0.2) is 4.79 Å². The minimum Gasteiger partial charge on any atom is -0.497 e. The van der Waals surface area contributed by atoms with Crippen LogP contribution in [-0.4, -0.2) is 20.2 Å². The maximum Gasteiger partial charge on any atom is 0.379 e. The number of nitriles is 1. The van der Waals surface area contributed by atoms with Crippen molar-refractivity contribution in [3.63, 3.8) is 0 Å². The van der Waals surface area contributed by atoms with Crippen molar-refractivity contribution in [2.24, 2.45) is 5.73 Å². The Hall–Kier alpha value is -4.61. The summed E-state index contributed by atoms with van der Waals surface area (Å²) in [5.41, 5.74) is 8.87. The standard InChI is InChI=1S/C28H21ClN2O6/c1-14-20-10-15(29)4-9-22(20)36-26(14)28(32)35-17-6-8-19-24(12-17)37-27(31)21(13-30)25(19)18-7-5-16(33-2)11-23(18)34-3/h4-12,25H,31H2,1-3H3. The molecule has 1 unspecified atom stereocenters. The van der Waals surface area contributed by atoms with Crippen LogP contribution in [0.15, 0.2) is 70.5 Å². The van der Waals surface area contributed by atoms with Crippen molar-refractivity contribution in [1.82, 2.24) is 0 Å². The molecule has 4 aromatic rings. The third kappa shape index (κ3) is 4.20. The van der Waals surface area contributed by atoms with Gasteiger partial charge in [0.25, 0.3) is 0 Å². The van der Waals surface area contributed by atoms with Crippen molar-refractivity contribution in [2.75, 3.05) is 14.2 Å². The number of aryl methyl sites for hydroxylation is 1. The van der Waals surface area contributed by atoms with Crippen LogP contribution >= 0.6 is 11.6 Å². The summed E-state index contributed by atoms with van der Waals surface area (Å²) in [4.78, 5) is 13.0. The summed E-state index contributed by atoms with van der Waals surface area (Å²) in [7, 11) is 3.09. The molecule has 9 heteroatoms. The summed E-state index contributed by atoms with van der Waals surface area (Å²) in [6.07, 6.45) is 0. The van der Waals surface area contributed by atoms with Gasteiger partial charge in [-0.2, -0.15) is 5.26 Å². The first kappa shape index (κ1) is 24.1. The molecule has 1 aliphatic rings. The lowest BCUT2D eigenvalue weighted by Gasteiger charge is -2.27. The summed E-state index contributed by atoms with van der Waals surface area (Å²) in [5.74, 6) is 0.474. The van der Waals surface area contributed by atoms with Crippen molar-refractivity contribution in [3.05, 3.63) is 93.5 Å². The zero-order valence-corrected chi connectivity index (χ0v) is 20.9. The van der Waals surface area contributed by atoms with Gasteiger partial charge in [-0.1, -0.05) is 23.7 Å². The minimum absolute atomic E-state index is 0.0497. The highest BCUT2D eigenvalue weighted by Gasteiger charge is 2.33. The van der Waals surface area contributed by atoms with Crippen LogP contribution in [0.2, 0.25) is 5.02 Å². The Balaban J connectivity index is 1.51. The van der Waals surface area contributed by atoms with E-state index in [1.165, 1.54) is 7.11 Å². The number of esters is 1. The SMILES string of the molecule is COc1ccc(C2C(C#N)=C(N)Oc3cc(OC(=O)c4oc5ccc(Cl)cc5c4C)ccc32)c(OC)c1. The van der Waals surface area contributed by atoms with Crippen molar-refractivity contribution in [3.8, 4) is 29.1 Å². The molecule has 0 bridgehead atoms. The number of hydrogen-bond donors (Lipinski definition) is 1. The number of rotatable bonds is 5. The molecule has 0 fully saturated rings. The average Bonchev–Trinajstić information content (AvgIpc) is 3.23. The first-order valence-corrected chi connectivity index (χ1v) is 11.6. The molecule has 8 nitrogen and oxygen atoms in total. The van der Waals surface area contributed by atoms with Crippen LogP contribution in [0.1, 0.15) is 33.2 Å². The van der Waals surface area contributed by atoms with Crippen molar-refractivity contribution in [2.45, 2.75) is 12.8 Å². The highest BCUT2D eigenvalue weighted by molar-refractivity contribution is 6.31. The Morgan fingerprint density at radius 1 is 1.03 bits per heavy atom. The molecular weight excluding hydrogens is 496 g/mol. The third-order valence-corrected chi connectivity index (χ3v) is 6.47. The maximum absolute atomic E-state index is 13.0. The van der Waals surface area contributed by atoms with Crippen molar-refractivity contribution >= 4 is 28.5 Å².